The van der Waals surface area contributed by atoms with Crippen molar-refractivity contribution in [1.82, 2.24) is 0 Å². The number of rotatable bonds is 5. The molecule has 0 aliphatic rings. The summed E-state index contributed by atoms with van der Waals surface area (Å²) in [6.07, 6.45) is -12.5. The lowest BCUT2D eigenvalue weighted by Gasteiger charge is -2.37. The number of carbonyl (C=O) groups is 1. The summed E-state index contributed by atoms with van der Waals surface area (Å²) < 4.78 is 147. The molecule has 0 fully saturated rings. The lowest BCUT2D eigenvalue weighted by molar-refractivity contribution is -0.425. The second-order valence-electron chi connectivity index (χ2n) is 3.54. The van der Waals surface area contributed by atoms with Gasteiger partial charge < -0.3 is 5.11 Å². The summed E-state index contributed by atoms with van der Waals surface area (Å²) >= 11 is 0. The summed E-state index contributed by atoms with van der Waals surface area (Å²) in [7, 11) is 0. The van der Waals surface area contributed by atoms with Crippen molar-refractivity contribution in [2.75, 3.05) is 0 Å². The second kappa shape index (κ2) is 4.83. The predicted molar refractivity (Wildman–Crippen MR) is 38.4 cm³/mol. The van der Waals surface area contributed by atoms with Gasteiger partial charge in [0.1, 0.15) is 0 Å². The van der Waals surface area contributed by atoms with Gasteiger partial charge in [-0.2, -0.15) is 48.3 Å². The van der Waals surface area contributed by atoms with E-state index in [1.807, 2.05) is 0 Å². The van der Waals surface area contributed by atoms with Gasteiger partial charge in [-0.05, 0) is 0 Å². The first kappa shape index (κ1) is 19.6. The number of halogens is 12. The Hall–Kier alpha value is -1.37. The average Bonchev–Trinajstić information content (AvgIpc) is 2.25. The monoisotopic (exact) mass is 346 g/mol. The molecule has 0 aliphatic heterocycles. The fraction of sp³-hybridized carbons (Fsp3) is 0.857. The van der Waals surface area contributed by atoms with Gasteiger partial charge in [-0.3, -0.25) is 0 Å². The van der Waals surface area contributed by atoms with Gasteiger partial charge >= 0.3 is 35.8 Å². The van der Waals surface area contributed by atoms with Crippen molar-refractivity contribution in [3.8, 4) is 0 Å². The van der Waals surface area contributed by atoms with Gasteiger partial charge in [-0.15, -0.1) is 0 Å². The van der Waals surface area contributed by atoms with Crippen LogP contribution in [0.15, 0.2) is 0 Å². The van der Waals surface area contributed by atoms with Gasteiger partial charge in [0, 0.05) is 0 Å². The molecule has 1 N–H and O–H groups in total. The summed E-state index contributed by atoms with van der Waals surface area (Å²) in [6, 6.07) is 0. The van der Waals surface area contributed by atoms with Crippen LogP contribution in [0.2, 0.25) is 0 Å². The highest BCUT2D eigenvalue weighted by atomic mass is 19.4. The maximum atomic E-state index is 12.6. The molecule has 2 nitrogen and oxygen atoms in total. The maximum Gasteiger partial charge on any atom is 0.460 e. The third kappa shape index (κ3) is 2.59. The Morgan fingerprint density at radius 1 is 0.714 bits per heavy atom. The first-order valence-corrected chi connectivity index (χ1v) is 4.30. The molecule has 14 heteroatoms. The van der Waals surface area contributed by atoms with E-state index < -0.39 is 42.0 Å². The summed E-state index contributed by atoms with van der Waals surface area (Å²) in [6.45, 7) is 0. The van der Waals surface area contributed by atoms with Crippen LogP contribution in [-0.2, 0) is 4.79 Å². The van der Waals surface area contributed by atoms with Gasteiger partial charge in [0.25, 0.3) is 6.17 Å². The Balaban J connectivity index is 6.06. The number of hydrogen-bond donors (Lipinski definition) is 1. The van der Waals surface area contributed by atoms with Crippen LogP contribution in [0.5, 0.6) is 0 Å². The van der Waals surface area contributed by atoms with E-state index in [-0.39, 0.29) is 0 Å². The van der Waals surface area contributed by atoms with E-state index >= 15 is 0 Å². The van der Waals surface area contributed by atoms with Crippen molar-refractivity contribution < 1.29 is 62.6 Å². The third-order valence-electron chi connectivity index (χ3n) is 2.10. The van der Waals surface area contributed by atoms with Gasteiger partial charge in [0.2, 0.25) is 0 Å². The van der Waals surface area contributed by atoms with Crippen molar-refractivity contribution in [1.29, 1.82) is 0 Å². The Labute approximate surface area is 106 Å². The minimum absolute atomic E-state index is 3.47. The molecule has 0 rings (SSSR count). The van der Waals surface area contributed by atoms with Crippen LogP contribution in [0.25, 0.3) is 0 Å². The highest BCUT2D eigenvalue weighted by Gasteiger charge is 2.88. The SMILES string of the molecule is O=C(O)C(F)C(F)(F)C(F)(F)C(F)(F)C(F)(F)C(F)(F)F. The lowest BCUT2D eigenvalue weighted by Crippen LogP contribution is -2.68. The summed E-state index contributed by atoms with van der Waals surface area (Å²) in [4.78, 5) is 9.72. The Morgan fingerprint density at radius 2 is 1.05 bits per heavy atom. The van der Waals surface area contributed by atoms with E-state index in [4.69, 9.17) is 5.11 Å². The van der Waals surface area contributed by atoms with Crippen LogP contribution in [0.1, 0.15) is 0 Å². The zero-order valence-electron chi connectivity index (χ0n) is 8.97. The van der Waals surface area contributed by atoms with Gasteiger partial charge in [-0.25, -0.2) is 9.18 Å². The zero-order chi connectivity index (χ0) is 17.7. The molecule has 21 heavy (non-hydrogen) atoms. The molecule has 1 atom stereocenters. The average molecular weight is 346 g/mol. The van der Waals surface area contributed by atoms with E-state index in [9.17, 15) is 57.5 Å². The molecule has 0 heterocycles. The van der Waals surface area contributed by atoms with Crippen molar-refractivity contribution in [2.24, 2.45) is 0 Å². The Kier molecular flexibility index (Phi) is 4.51. The second-order valence-corrected chi connectivity index (χ2v) is 3.54. The van der Waals surface area contributed by atoms with Crippen molar-refractivity contribution in [2.45, 2.75) is 36.0 Å². The molecule has 0 aromatic rings. The molecule has 0 aliphatic carbocycles. The van der Waals surface area contributed by atoms with Crippen molar-refractivity contribution in [3.63, 3.8) is 0 Å². The van der Waals surface area contributed by atoms with Crippen molar-refractivity contribution >= 4 is 5.97 Å². The Bertz CT molecular complexity index is 410. The first-order chi connectivity index (χ1) is 8.85. The molecule has 0 aromatic heterocycles. The molecule has 0 amide bonds. The molecule has 0 aromatic carbocycles. The highest BCUT2D eigenvalue weighted by Crippen LogP contribution is 2.58. The van der Waals surface area contributed by atoms with Crippen LogP contribution in [0.3, 0.4) is 0 Å². The van der Waals surface area contributed by atoms with E-state index in [0.29, 0.717) is 0 Å². The minimum atomic E-state index is -7.82. The van der Waals surface area contributed by atoms with Crippen LogP contribution >= 0.6 is 0 Å². The maximum absolute atomic E-state index is 12.6. The van der Waals surface area contributed by atoms with Gasteiger partial charge in [0.05, 0.1) is 0 Å². The van der Waals surface area contributed by atoms with Crippen molar-refractivity contribution in [3.05, 3.63) is 0 Å². The molecule has 0 saturated heterocycles. The molecular weight excluding hydrogens is 344 g/mol. The highest BCUT2D eigenvalue weighted by molar-refractivity contribution is 5.73. The normalized spacial score (nSPS) is 16.8. The fourth-order valence-corrected chi connectivity index (χ4v) is 0.899. The predicted octanol–water partition coefficient (Wildman–Crippen LogP) is 3.51. The molecule has 0 radical (unpaired) electrons. The molecular formula is C7H2F12O2. The zero-order valence-corrected chi connectivity index (χ0v) is 8.97. The summed E-state index contributed by atoms with van der Waals surface area (Å²) in [5, 5.41) is 7.67. The topological polar surface area (TPSA) is 37.3 Å². The van der Waals surface area contributed by atoms with Gasteiger partial charge in [-0.1, -0.05) is 0 Å². The number of alkyl halides is 12. The lowest BCUT2D eigenvalue weighted by atomic mass is 9.95. The van der Waals surface area contributed by atoms with E-state index in [2.05, 4.69) is 0 Å². The number of aliphatic carboxylic acids is 1. The summed E-state index contributed by atoms with van der Waals surface area (Å²) in [5.41, 5.74) is 0. The van der Waals surface area contributed by atoms with Gasteiger partial charge in [0.15, 0.2) is 0 Å². The number of hydrogen-bond acceptors (Lipinski definition) is 1. The first-order valence-electron chi connectivity index (χ1n) is 4.30. The Morgan fingerprint density at radius 3 is 1.29 bits per heavy atom. The molecule has 1 unspecified atom stereocenters. The fourth-order valence-electron chi connectivity index (χ4n) is 0.899. The van der Waals surface area contributed by atoms with E-state index in [1.54, 1.807) is 0 Å². The minimum Gasteiger partial charge on any atom is -0.479 e. The molecule has 0 spiro atoms. The number of carboxylic acid groups (broad SMARTS) is 1. The summed E-state index contributed by atoms with van der Waals surface area (Å²) in [5.74, 6) is -33.7. The van der Waals surface area contributed by atoms with Crippen LogP contribution in [0.4, 0.5) is 52.7 Å². The van der Waals surface area contributed by atoms with Crippen LogP contribution < -0.4 is 0 Å². The van der Waals surface area contributed by atoms with Crippen LogP contribution in [-0.4, -0.2) is 47.1 Å². The largest absolute Gasteiger partial charge is 0.479 e. The molecule has 0 saturated carbocycles. The van der Waals surface area contributed by atoms with Crippen LogP contribution in [0, 0.1) is 0 Å². The molecule has 0 bridgehead atoms. The quantitative estimate of drug-likeness (QED) is 0.774. The third-order valence-corrected chi connectivity index (χ3v) is 2.10. The standard InChI is InChI=1S/C7H2F12O2/c8-1(2(20)21)3(9,10)4(11,12)5(13,14)6(15,16)7(17,18)19/h1H,(H,20,21). The van der Waals surface area contributed by atoms with E-state index in [0.717, 1.165) is 0 Å². The number of carboxylic acids is 1. The smallest absolute Gasteiger partial charge is 0.460 e. The van der Waals surface area contributed by atoms with E-state index in [1.165, 1.54) is 0 Å². The molecule has 126 valence electrons.